The average molecular weight is 633 g/mol. The molecule has 0 spiro atoms. The van der Waals surface area contributed by atoms with Gasteiger partial charge in [0.1, 0.15) is 18.8 Å². The fourth-order valence-electron chi connectivity index (χ4n) is 5.76. The first-order valence-electron chi connectivity index (χ1n) is 14.9. The van der Waals surface area contributed by atoms with Gasteiger partial charge in [-0.05, 0) is 47.0 Å². The normalized spacial score (nSPS) is 27.1. The Labute approximate surface area is 265 Å². The molecule has 16 nitrogen and oxygen atoms in total. The third-order valence-corrected chi connectivity index (χ3v) is 8.03. The van der Waals surface area contributed by atoms with E-state index in [0.717, 1.165) is 11.1 Å². The van der Waals surface area contributed by atoms with E-state index in [4.69, 9.17) is 24.5 Å². The molecule has 2 aliphatic rings. The number of nitrogens with zero attached hydrogens (tertiary/aromatic N) is 10. The third-order valence-electron chi connectivity index (χ3n) is 8.03. The molecule has 46 heavy (non-hydrogen) atoms. The van der Waals surface area contributed by atoms with E-state index >= 15 is 0 Å². The Balaban J connectivity index is 1.56. The summed E-state index contributed by atoms with van der Waals surface area (Å²) < 4.78 is 24.0. The van der Waals surface area contributed by atoms with E-state index in [0.29, 0.717) is 12.8 Å². The summed E-state index contributed by atoms with van der Waals surface area (Å²) in [5.41, 5.74) is 29.4. The lowest BCUT2D eigenvalue weighted by Gasteiger charge is -2.45. The predicted octanol–water partition coefficient (Wildman–Crippen LogP) is 6.72. The van der Waals surface area contributed by atoms with Gasteiger partial charge in [-0.25, -0.2) is 4.79 Å². The number of esters is 1. The van der Waals surface area contributed by atoms with Gasteiger partial charge in [0.05, 0.1) is 24.7 Å². The highest BCUT2D eigenvalue weighted by Crippen LogP contribution is 2.36. The highest BCUT2D eigenvalue weighted by Gasteiger charge is 2.47. The van der Waals surface area contributed by atoms with E-state index in [9.17, 15) is 20.7 Å². The highest BCUT2D eigenvalue weighted by atomic mass is 16.7. The van der Waals surface area contributed by atoms with Gasteiger partial charge in [0.2, 0.25) is 0 Å². The first kappa shape index (κ1) is 33.9. The van der Waals surface area contributed by atoms with Crippen LogP contribution in [0.25, 0.3) is 31.3 Å². The second-order valence-corrected chi connectivity index (χ2v) is 11.2. The van der Waals surface area contributed by atoms with Crippen LogP contribution in [0.2, 0.25) is 0 Å². The van der Waals surface area contributed by atoms with Crippen molar-refractivity contribution >= 4 is 12.1 Å². The van der Waals surface area contributed by atoms with Crippen molar-refractivity contribution in [3.8, 4) is 0 Å². The number of rotatable bonds is 12. The van der Waals surface area contributed by atoms with E-state index in [2.05, 4.69) is 30.1 Å². The average Bonchev–Trinajstić information content (AvgIpc) is 3.05. The molecule has 1 heterocycles. The molecule has 4 rings (SSSR count). The zero-order valence-electron chi connectivity index (χ0n) is 25.6. The van der Waals surface area contributed by atoms with Crippen LogP contribution < -0.4 is 0 Å². The smallest absolute Gasteiger partial charge is 0.410 e. The molecule has 1 aliphatic heterocycles. The minimum absolute atomic E-state index is 0.0935. The fourth-order valence-corrected chi connectivity index (χ4v) is 5.76. The van der Waals surface area contributed by atoms with Crippen LogP contribution in [0.5, 0.6) is 0 Å². The molecule has 2 fully saturated rings. The maximum Gasteiger partial charge on any atom is 0.410 e. The first-order valence-corrected chi connectivity index (χ1v) is 14.9. The summed E-state index contributed by atoms with van der Waals surface area (Å²) >= 11 is 0. The molecular weight excluding hydrogens is 596 g/mol. The minimum atomic E-state index is -1.13. The summed E-state index contributed by atoms with van der Waals surface area (Å²) in [7, 11) is 0. The Morgan fingerprint density at radius 3 is 2.11 bits per heavy atom. The van der Waals surface area contributed by atoms with Gasteiger partial charge in [-0.15, -0.1) is 0 Å². The summed E-state index contributed by atoms with van der Waals surface area (Å²) in [6.07, 6.45) is -3.24. The Hall–Kier alpha value is -4.97. The summed E-state index contributed by atoms with van der Waals surface area (Å²) in [6, 6.07) is 16.5. The van der Waals surface area contributed by atoms with Crippen LogP contribution in [0, 0.1) is 5.92 Å². The van der Waals surface area contributed by atoms with Gasteiger partial charge in [0, 0.05) is 40.2 Å². The highest BCUT2D eigenvalue weighted by molar-refractivity contribution is 5.67. The number of carbonyl (C=O) groups excluding carboxylic acids is 2. The van der Waals surface area contributed by atoms with E-state index in [1.54, 1.807) is 11.8 Å². The van der Waals surface area contributed by atoms with Crippen LogP contribution in [-0.4, -0.2) is 66.2 Å². The molecule has 2 aromatic carbocycles. The molecule has 1 unspecified atom stereocenters. The van der Waals surface area contributed by atoms with Crippen molar-refractivity contribution in [2.45, 2.75) is 89.0 Å². The molecule has 1 aliphatic carbocycles. The van der Waals surface area contributed by atoms with Gasteiger partial charge >= 0.3 is 12.1 Å². The quantitative estimate of drug-likeness (QED) is 0.107. The Bertz CT molecular complexity index is 1460. The lowest BCUT2D eigenvalue weighted by molar-refractivity contribution is -0.253. The fraction of sp³-hybridized carbons (Fsp3) is 0.533. The Kier molecular flexibility index (Phi) is 12.5. The van der Waals surface area contributed by atoms with Crippen LogP contribution in [0.3, 0.4) is 0 Å². The second-order valence-electron chi connectivity index (χ2n) is 11.2. The van der Waals surface area contributed by atoms with Crippen LogP contribution in [0.1, 0.15) is 44.2 Å². The number of amides is 1. The van der Waals surface area contributed by atoms with Crippen LogP contribution in [0.15, 0.2) is 76.0 Å². The van der Waals surface area contributed by atoms with Crippen molar-refractivity contribution in [3.05, 3.63) is 103 Å². The van der Waals surface area contributed by atoms with E-state index in [1.165, 1.54) is 6.92 Å². The monoisotopic (exact) mass is 632 g/mol. The summed E-state index contributed by atoms with van der Waals surface area (Å²) in [5, 5.41) is 11.6. The maximum atomic E-state index is 13.4. The zero-order chi connectivity index (χ0) is 32.9. The molecule has 242 valence electrons. The van der Waals surface area contributed by atoms with Gasteiger partial charge in [-0.2, -0.15) is 0 Å². The SMILES string of the molecule is CC(=O)O[C@@H]1[C@@H](C)[C@H](N=[N+]=[N-])C[C@H](N=[N+]=[N-])[C@H]1O[C@H]1O[C@H](CN(Cc2ccccc2)C(=O)OCc2ccccc2)CCC1N=[N+]=[N-]. The number of azide groups is 3. The van der Waals surface area contributed by atoms with E-state index < -0.39 is 60.7 Å². The predicted molar refractivity (Wildman–Crippen MR) is 164 cm³/mol. The van der Waals surface area contributed by atoms with Crippen molar-refractivity contribution in [1.29, 1.82) is 0 Å². The lowest BCUT2D eigenvalue weighted by Crippen LogP contribution is -2.56. The summed E-state index contributed by atoms with van der Waals surface area (Å²) in [6.45, 7) is 3.47. The number of ether oxygens (including phenoxy) is 4. The maximum absolute atomic E-state index is 13.4. The lowest BCUT2D eigenvalue weighted by atomic mass is 9.79. The standard InChI is InChI=1S/C30H36N10O6/c1-19-25(35-38-32)15-26(36-39-33)28(27(19)44-20(2)41)46-29-24(34-37-31)14-13-23(45-29)17-40(16-21-9-5-3-6-10-21)30(42)43-18-22-11-7-4-8-12-22/h3-12,19,23-29H,13-18H2,1-2H3/t19-,23-,24?,25+,26-,27+,28+,29+/m0/s1. The van der Waals surface area contributed by atoms with Crippen LogP contribution in [-0.2, 0) is 36.9 Å². The zero-order valence-corrected chi connectivity index (χ0v) is 25.6. The van der Waals surface area contributed by atoms with Gasteiger partial charge < -0.3 is 23.8 Å². The van der Waals surface area contributed by atoms with Gasteiger partial charge in [0.25, 0.3) is 0 Å². The molecule has 2 aromatic rings. The van der Waals surface area contributed by atoms with Crippen LogP contribution in [0.4, 0.5) is 4.79 Å². The third kappa shape index (κ3) is 9.27. The molecule has 16 heteroatoms. The molecule has 1 saturated carbocycles. The molecule has 1 saturated heterocycles. The second kappa shape index (κ2) is 16.9. The molecule has 8 atom stereocenters. The number of benzene rings is 2. The van der Waals surface area contributed by atoms with Crippen LogP contribution >= 0.6 is 0 Å². The van der Waals surface area contributed by atoms with Gasteiger partial charge in [-0.1, -0.05) is 82.9 Å². The van der Waals surface area contributed by atoms with Gasteiger partial charge in [-0.3, -0.25) is 4.79 Å². The van der Waals surface area contributed by atoms with Gasteiger partial charge in [0.15, 0.2) is 6.29 Å². The molecule has 0 bridgehead atoms. The molecule has 1 amide bonds. The van der Waals surface area contributed by atoms with E-state index in [-0.39, 0.29) is 26.1 Å². The number of carbonyl (C=O) groups is 2. The molecular formula is C30H36N10O6. The summed E-state index contributed by atoms with van der Waals surface area (Å²) in [4.78, 5) is 35.8. The van der Waals surface area contributed by atoms with Crippen molar-refractivity contribution in [2.75, 3.05) is 6.54 Å². The number of hydrogen-bond donors (Lipinski definition) is 0. The number of hydrogen-bond acceptors (Lipinski definition) is 9. The largest absolute Gasteiger partial charge is 0.459 e. The molecule has 0 N–H and O–H groups in total. The van der Waals surface area contributed by atoms with Crippen molar-refractivity contribution in [3.63, 3.8) is 0 Å². The molecule has 0 aromatic heterocycles. The van der Waals surface area contributed by atoms with Crippen molar-refractivity contribution in [2.24, 2.45) is 21.3 Å². The Morgan fingerprint density at radius 2 is 1.48 bits per heavy atom. The summed E-state index contributed by atoms with van der Waals surface area (Å²) in [5.74, 6) is -1.10. The van der Waals surface area contributed by atoms with Crippen molar-refractivity contribution < 1.29 is 28.5 Å². The topological polar surface area (TPSA) is 221 Å². The Morgan fingerprint density at radius 1 is 0.870 bits per heavy atom. The first-order chi connectivity index (χ1) is 22.3. The minimum Gasteiger partial charge on any atom is -0.459 e. The molecule has 0 radical (unpaired) electrons. The van der Waals surface area contributed by atoms with Crippen molar-refractivity contribution in [1.82, 2.24) is 4.90 Å². The van der Waals surface area contributed by atoms with E-state index in [1.807, 2.05) is 60.7 Å².